The molecule has 0 heterocycles. The average molecular weight is 233 g/mol. The van der Waals surface area contributed by atoms with Crippen molar-refractivity contribution in [2.45, 2.75) is 25.8 Å². The van der Waals surface area contributed by atoms with Gasteiger partial charge in [0.05, 0.1) is 20.3 Å². The Morgan fingerprint density at radius 2 is 1.88 bits per heavy atom. The van der Waals surface area contributed by atoms with Crippen LogP contribution in [0.1, 0.15) is 20.3 Å². The number of carbonyl (C=O) groups excluding carboxylic acids is 1. The second-order valence-corrected chi connectivity index (χ2v) is 3.63. The minimum atomic E-state index is -0.680. The smallest absolute Gasteiger partial charge is 0.325 e. The Kier molecular flexibility index (Phi) is 8.15. The molecule has 0 aromatic carbocycles. The third-order valence-corrected chi connectivity index (χ3v) is 2.51. The molecule has 0 spiro atoms. The molecule has 0 aromatic rings. The molecule has 0 amide bonds. The van der Waals surface area contributed by atoms with E-state index in [9.17, 15) is 4.79 Å². The molecule has 0 bridgehead atoms. The molecule has 0 radical (unpaired) electrons. The van der Waals surface area contributed by atoms with Gasteiger partial charge in [-0.25, -0.2) is 0 Å². The van der Waals surface area contributed by atoms with Crippen LogP contribution < -0.4 is 5.32 Å². The number of nitrogens with one attached hydrogen (secondary N) is 1. The molecule has 1 N–H and O–H groups in total. The fourth-order valence-corrected chi connectivity index (χ4v) is 1.19. The van der Waals surface area contributed by atoms with Gasteiger partial charge in [-0.15, -0.1) is 0 Å². The molecule has 16 heavy (non-hydrogen) atoms. The predicted molar refractivity (Wildman–Crippen MR) is 61.4 cm³/mol. The minimum Gasteiger partial charge on any atom is -0.468 e. The van der Waals surface area contributed by atoms with Gasteiger partial charge in [-0.3, -0.25) is 4.79 Å². The van der Waals surface area contributed by atoms with Crippen LogP contribution in [0.4, 0.5) is 0 Å². The van der Waals surface area contributed by atoms with Crippen molar-refractivity contribution in [2.75, 3.05) is 40.6 Å². The van der Waals surface area contributed by atoms with Crippen LogP contribution >= 0.6 is 0 Å². The van der Waals surface area contributed by atoms with Gasteiger partial charge in [-0.1, -0.05) is 0 Å². The molecule has 5 nitrogen and oxygen atoms in total. The Labute approximate surface area is 97.4 Å². The molecular formula is C11H23NO4. The topological polar surface area (TPSA) is 56.8 Å². The Bertz CT molecular complexity index is 198. The lowest BCUT2D eigenvalue weighted by molar-refractivity contribution is -0.148. The van der Waals surface area contributed by atoms with E-state index in [-0.39, 0.29) is 5.97 Å². The standard InChI is InChI=1S/C11H23NO4/c1-5-15-8-9-16-7-6-11(2,12-3)10(13)14-4/h12H,5-9H2,1-4H3. The Hall–Kier alpha value is -0.650. The van der Waals surface area contributed by atoms with Crippen molar-refractivity contribution in [3.63, 3.8) is 0 Å². The van der Waals surface area contributed by atoms with E-state index in [4.69, 9.17) is 14.2 Å². The van der Waals surface area contributed by atoms with E-state index in [2.05, 4.69) is 5.32 Å². The summed E-state index contributed by atoms with van der Waals surface area (Å²) in [5, 5.41) is 2.95. The van der Waals surface area contributed by atoms with Gasteiger partial charge >= 0.3 is 5.97 Å². The summed E-state index contributed by atoms with van der Waals surface area (Å²) >= 11 is 0. The summed E-state index contributed by atoms with van der Waals surface area (Å²) in [4.78, 5) is 11.5. The van der Waals surface area contributed by atoms with Gasteiger partial charge in [0.15, 0.2) is 0 Å². The van der Waals surface area contributed by atoms with Crippen molar-refractivity contribution in [3.05, 3.63) is 0 Å². The fourth-order valence-electron chi connectivity index (χ4n) is 1.19. The molecular weight excluding hydrogens is 210 g/mol. The predicted octanol–water partition coefficient (Wildman–Crippen LogP) is 0.581. The second-order valence-electron chi connectivity index (χ2n) is 3.63. The van der Waals surface area contributed by atoms with Crippen LogP contribution in [0.25, 0.3) is 0 Å². The van der Waals surface area contributed by atoms with Crippen LogP contribution in [-0.2, 0) is 19.0 Å². The summed E-state index contributed by atoms with van der Waals surface area (Å²) in [6.07, 6.45) is 0.572. The third-order valence-electron chi connectivity index (χ3n) is 2.51. The van der Waals surface area contributed by atoms with Crippen LogP contribution in [0.3, 0.4) is 0 Å². The highest BCUT2D eigenvalue weighted by molar-refractivity contribution is 5.80. The molecule has 1 atom stereocenters. The van der Waals surface area contributed by atoms with Gasteiger partial charge < -0.3 is 19.5 Å². The van der Waals surface area contributed by atoms with Crippen molar-refractivity contribution in [2.24, 2.45) is 0 Å². The van der Waals surface area contributed by atoms with E-state index in [0.29, 0.717) is 32.8 Å². The molecule has 96 valence electrons. The summed E-state index contributed by atoms with van der Waals surface area (Å²) in [7, 11) is 3.12. The molecule has 0 rings (SSSR count). The Balaban J connectivity index is 3.74. The molecule has 0 aromatic heterocycles. The third kappa shape index (κ3) is 5.44. The zero-order chi connectivity index (χ0) is 12.4. The lowest BCUT2D eigenvalue weighted by Crippen LogP contribution is -2.49. The van der Waals surface area contributed by atoms with E-state index in [1.165, 1.54) is 7.11 Å². The van der Waals surface area contributed by atoms with Crippen LogP contribution in [0.5, 0.6) is 0 Å². The fraction of sp³-hybridized carbons (Fsp3) is 0.909. The van der Waals surface area contributed by atoms with Crippen molar-refractivity contribution < 1.29 is 19.0 Å². The van der Waals surface area contributed by atoms with Crippen LogP contribution in [0, 0.1) is 0 Å². The first kappa shape index (κ1) is 15.3. The van der Waals surface area contributed by atoms with E-state index < -0.39 is 5.54 Å². The molecule has 0 fully saturated rings. The molecule has 1 unspecified atom stereocenters. The summed E-state index contributed by atoms with van der Waals surface area (Å²) < 4.78 is 15.2. The maximum absolute atomic E-state index is 11.5. The highest BCUT2D eigenvalue weighted by Gasteiger charge is 2.31. The second kappa shape index (κ2) is 8.50. The number of carbonyl (C=O) groups is 1. The van der Waals surface area contributed by atoms with Crippen LogP contribution in [-0.4, -0.2) is 52.1 Å². The zero-order valence-electron chi connectivity index (χ0n) is 10.7. The Morgan fingerprint density at radius 3 is 2.38 bits per heavy atom. The molecule has 0 aliphatic heterocycles. The number of hydrogen-bond acceptors (Lipinski definition) is 5. The van der Waals surface area contributed by atoms with E-state index in [0.717, 1.165) is 0 Å². The van der Waals surface area contributed by atoms with Crippen molar-refractivity contribution in [1.29, 1.82) is 0 Å². The summed E-state index contributed by atoms with van der Waals surface area (Å²) in [5.41, 5.74) is -0.680. The first-order valence-corrected chi connectivity index (χ1v) is 5.53. The van der Waals surface area contributed by atoms with Gasteiger partial charge in [0, 0.05) is 13.2 Å². The monoisotopic (exact) mass is 233 g/mol. The van der Waals surface area contributed by atoms with Crippen LogP contribution in [0.15, 0.2) is 0 Å². The molecule has 0 saturated heterocycles. The largest absolute Gasteiger partial charge is 0.468 e. The number of ether oxygens (including phenoxy) is 3. The van der Waals surface area contributed by atoms with Crippen molar-refractivity contribution in [1.82, 2.24) is 5.32 Å². The number of likely N-dealkylation sites (N-methyl/N-ethyl adjacent to an activating group) is 1. The average Bonchev–Trinajstić information content (AvgIpc) is 2.32. The lowest BCUT2D eigenvalue weighted by atomic mass is 9.99. The van der Waals surface area contributed by atoms with Crippen LogP contribution in [0.2, 0.25) is 0 Å². The van der Waals surface area contributed by atoms with Crippen molar-refractivity contribution >= 4 is 5.97 Å². The lowest BCUT2D eigenvalue weighted by Gasteiger charge is -2.25. The number of hydrogen-bond donors (Lipinski definition) is 1. The molecule has 0 saturated carbocycles. The first-order valence-electron chi connectivity index (χ1n) is 5.53. The van der Waals surface area contributed by atoms with Gasteiger partial charge in [-0.05, 0) is 27.3 Å². The van der Waals surface area contributed by atoms with E-state index in [1.54, 1.807) is 14.0 Å². The molecule has 0 aliphatic rings. The van der Waals surface area contributed by atoms with E-state index in [1.807, 2.05) is 6.92 Å². The summed E-state index contributed by atoms with van der Waals surface area (Å²) in [5.74, 6) is -0.275. The zero-order valence-corrected chi connectivity index (χ0v) is 10.7. The van der Waals surface area contributed by atoms with Gasteiger partial charge in [0.2, 0.25) is 0 Å². The van der Waals surface area contributed by atoms with E-state index >= 15 is 0 Å². The number of methoxy groups -OCH3 is 1. The molecule has 5 heteroatoms. The highest BCUT2D eigenvalue weighted by atomic mass is 16.5. The summed E-state index contributed by atoms with van der Waals surface area (Å²) in [6, 6.07) is 0. The maximum atomic E-state index is 11.5. The SMILES string of the molecule is CCOCCOCCC(C)(NC)C(=O)OC. The maximum Gasteiger partial charge on any atom is 0.325 e. The quantitative estimate of drug-likeness (QED) is 0.466. The van der Waals surface area contributed by atoms with Gasteiger partial charge in [0.1, 0.15) is 5.54 Å². The van der Waals surface area contributed by atoms with Gasteiger partial charge in [0.25, 0.3) is 0 Å². The number of rotatable bonds is 9. The Morgan fingerprint density at radius 1 is 1.25 bits per heavy atom. The van der Waals surface area contributed by atoms with Crippen molar-refractivity contribution in [3.8, 4) is 0 Å². The molecule has 0 aliphatic carbocycles. The number of esters is 1. The minimum absolute atomic E-state index is 0.275. The summed E-state index contributed by atoms with van der Waals surface area (Å²) in [6.45, 7) is 6.07. The highest BCUT2D eigenvalue weighted by Crippen LogP contribution is 2.11. The first-order chi connectivity index (χ1) is 7.60. The van der Waals surface area contributed by atoms with Gasteiger partial charge in [-0.2, -0.15) is 0 Å². The normalized spacial score (nSPS) is 14.5.